The highest BCUT2D eigenvalue weighted by molar-refractivity contribution is 6.01. The van der Waals surface area contributed by atoms with Crippen LogP contribution in [-0.2, 0) is 12.4 Å². The predicted molar refractivity (Wildman–Crippen MR) is 185 cm³/mol. The van der Waals surface area contributed by atoms with E-state index in [0.717, 1.165) is 60.6 Å². The van der Waals surface area contributed by atoms with E-state index in [1.165, 1.54) is 17.0 Å². The standard InChI is InChI=1S/C22H19F3N4O.C16H15F3N2/c1-14-10-12-29(21(30)28-19-7-2-3-11-26-19)20-17(14)8-9-18(27-20)15-5-4-6-16(13-15)22(23,24)25;1-10-7-8-20-15-13(10)5-6-14(21-15)11-3-2-4-12(9-11)16(17,18)19/h2-9,11,13-14H,10,12H2,1H3,(H,26,28,30);2-6,9-10H,7-8H2,1H3,(H,20,21). The van der Waals surface area contributed by atoms with Crippen molar-refractivity contribution in [2.45, 2.75) is 50.9 Å². The molecule has 2 amide bonds. The number of fused-ring (bicyclic) bond motifs is 2. The van der Waals surface area contributed by atoms with Crippen molar-refractivity contribution in [3.63, 3.8) is 0 Å². The quantitative estimate of drug-likeness (QED) is 0.183. The van der Waals surface area contributed by atoms with Crippen LogP contribution in [0.2, 0.25) is 0 Å². The Morgan fingerprint density at radius 3 is 1.96 bits per heavy atom. The Bertz CT molecular complexity index is 2020. The number of anilines is 3. The molecule has 2 aliphatic rings. The van der Waals surface area contributed by atoms with E-state index in [2.05, 4.69) is 32.5 Å². The molecule has 2 aromatic carbocycles. The van der Waals surface area contributed by atoms with E-state index in [1.807, 2.05) is 19.1 Å². The number of pyridine rings is 3. The molecule has 2 aliphatic heterocycles. The molecule has 7 rings (SSSR count). The van der Waals surface area contributed by atoms with Crippen LogP contribution in [0.3, 0.4) is 0 Å². The molecule has 264 valence electrons. The van der Waals surface area contributed by atoms with Crippen LogP contribution in [0.1, 0.15) is 60.8 Å². The van der Waals surface area contributed by atoms with Gasteiger partial charge >= 0.3 is 18.4 Å². The molecule has 7 nitrogen and oxygen atoms in total. The Morgan fingerprint density at radius 2 is 1.35 bits per heavy atom. The van der Waals surface area contributed by atoms with Crippen LogP contribution in [0.5, 0.6) is 0 Å². The number of nitrogens with one attached hydrogen (secondary N) is 2. The second-order valence-corrected chi connectivity index (χ2v) is 12.5. The minimum atomic E-state index is -4.44. The molecule has 13 heteroatoms. The molecular formula is C38H34F6N6O. The van der Waals surface area contributed by atoms with Crippen molar-refractivity contribution in [3.8, 4) is 22.5 Å². The number of hydrogen-bond donors (Lipinski definition) is 2. The van der Waals surface area contributed by atoms with E-state index in [-0.39, 0.29) is 11.9 Å². The van der Waals surface area contributed by atoms with Gasteiger partial charge in [0.05, 0.1) is 22.5 Å². The lowest BCUT2D eigenvalue weighted by molar-refractivity contribution is -0.138. The molecule has 5 heterocycles. The first kappa shape index (κ1) is 35.4. The molecule has 0 fully saturated rings. The van der Waals surface area contributed by atoms with Crippen LogP contribution < -0.4 is 15.5 Å². The number of halogens is 6. The Labute approximate surface area is 290 Å². The predicted octanol–water partition coefficient (Wildman–Crippen LogP) is 10.4. The number of benzene rings is 2. The zero-order valence-electron chi connectivity index (χ0n) is 27.7. The van der Waals surface area contributed by atoms with Gasteiger partial charge < -0.3 is 5.32 Å². The number of aromatic nitrogens is 3. The third kappa shape index (κ3) is 8.13. The molecule has 0 bridgehead atoms. The van der Waals surface area contributed by atoms with Crippen molar-refractivity contribution >= 4 is 23.5 Å². The summed E-state index contributed by atoms with van der Waals surface area (Å²) >= 11 is 0. The molecule has 0 saturated carbocycles. The third-order valence-electron chi connectivity index (χ3n) is 8.92. The second kappa shape index (κ2) is 14.4. The van der Waals surface area contributed by atoms with Crippen LogP contribution in [0.4, 0.5) is 48.6 Å². The lowest BCUT2D eigenvalue weighted by Gasteiger charge is -2.32. The van der Waals surface area contributed by atoms with Crippen molar-refractivity contribution in [1.29, 1.82) is 0 Å². The van der Waals surface area contributed by atoms with Gasteiger partial charge in [-0.05, 0) is 84.3 Å². The second-order valence-electron chi connectivity index (χ2n) is 12.5. The summed E-state index contributed by atoms with van der Waals surface area (Å²) in [7, 11) is 0. The van der Waals surface area contributed by atoms with Gasteiger partial charge in [-0.1, -0.05) is 56.3 Å². The van der Waals surface area contributed by atoms with Gasteiger partial charge in [0.1, 0.15) is 17.5 Å². The Kier molecular flexibility index (Phi) is 10.00. The van der Waals surface area contributed by atoms with Crippen molar-refractivity contribution in [2.75, 3.05) is 28.6 Å². The maximum absolute atomic E-state index is 13.1. The molecule has 0 aliphatic carbocycles. The van der Waals surface area contributed by atoms with E-state index >= 15 is 0 Å². The van der Waals surface area contributed by atoms with Crippen molar-refractivity contribution < 1.29 is 31.1 Å². The zero-order valence-corrected chi connectivity index (χ0v) is 27.7. The summed E-state index contributed by atoms with van der Waals surface area (Å²) < 4.78 is 77.6. The molecule has 0 radical (unpaired) electrons. The SMILES string of the molecule is CC1CCN(C(=O)Nc2ccccn2)c2nc(-c3cccc(C(F)(F)F)c3)ccc21.CC1CCNc2nc(-c3cccc(C(F)(F)F)c3)ccc21. The number of nitrogens with zero attached hydrogens (tertiary/aromatic N) is 4. The molecule has 0 spiro atoms. The normalized spacial score (nSPS) is 16.9. The maximum atomic E-state index is 13.1. The lowest BCUT2D eigenvalue weighted by atomic mass is 9.93. The van der Waals surface area contributed by atoms with Crippen LogP contribution >= 0.6 is 0 Å². The summed E-state index contributed by atoms with van der Waals surface area (Å²) in [6.45, 7) is 5.46. The summed E-state index contributed by atoms with van der Waals surface area (Å²) in [4.78, 5) is 27.5. The lowest BCUT2D eigenvalue weighted by Crippen LogP contribution is -2.40. The molecule has 51 heavy (non-hydrogen) atoms. The minimum Gasteiger partial charge on any atom is -0.370 e. The monoisotopic (exact) mass is 704 g/mol. The number of rotatable bonds is 3. The molecule has 3 aromatic heterocycles. The number of alkyl halides is 6. The molecule has 2 unspecified atom stereocenters. The molecular weight excluding hydrogens is 670 g/mol. The van der Waals surface area contributed by atoms with Crippen LogP contribution in [-0.4, -0.2) is 34.1 Å². The third-order valence-corrected chi connectivity index (χ3v) is 8.92. The first-order valence-corrected chi connectivity index (χ1v) is 16.4. The Balaban J connectivity index is 0.000000187. The fourth-order valence-electron chi connectivity index (χ4n) is 6.06. The maximum Gasteiger partial charge on any atom is 0.416 e. The smallest absolute Gasteiger partial charge is 0.370 e. The van der Waals surface area contributed by atoms with Crippen molar-refractivity contribution in [2.24, 2.45) is 0 Å². The number of urea groups is 1. The molecule has 2 atom stereocenters. The van der Waals surface area contributed by atoms with Crippen LogP contribution in [0.15, 0.2) is 97.2 Å². The highest BCUT2D eigenvalue weighted by Gasteiger charge is 2.32. The van der Waals surface area contributed by atoms with Gasteiger partial charge in [0.2, 0.25) is 0 Å². The first-order valence-electron chi connectivity index (χ1n) is 16.4. The summed E-state index contributed by atoms with van der Waals surface area (Å²) in [6.07, 6.45) is -5.40. The number of carbonyl (C=O) groups excluding carboxylic acids is 1. The van der Waals surface area contributed by atoms with Crippen LogP contribution in [0, 0.1) is 0 Å². The summed E-state index contributed by atoms with van der Waals surface area (Å²) in [5, 5.41) is 5.96. The highest BCUT2D eigenvalue weighted by Crippen LogP contribution is 2.38. The Hall–Kier alpha value is -5.46. The van der Waals surface area contributed by atoms with Crippen molar-refractivity contribution in [3.05, 3.63) is 119 Å². The fraction of sp³-hybridized carbons (Fsp3) is 0.263. The summed E-state index contributed by atoms with van der Waals surface area (Å²) in [6, 6.07) is 22.4. The first-order chi connectivity index (χ1) is 24.3. The van der Waals surface area contributed by atoms with Gasteiger partial charge in [-0.15, -0.1) is 0 Å². The van der Waals surface area contributed by atoms with Crippen LogP contribution in [0.25, 0.3) is 22.5 Å². The Morgan fingerprint density at radius 1 is 0.745 bits per heavy atom. The van der Waals surface area contributed by atoms with Gasteiger partial charge in [-0.3, -0.25) is 10.2 Å². The summed E-state index contributed by atoms with van der Waals surface area (Å²) in [5.41, 5.74) is 2.37. The van der Waals surface area contributed by atoms with E-state index in [4.69, 9.17) is 0 Å². The van der Waals surface area contributed by atoms with Gasteiger partial charge in [0, 0.05) is 30.4 Å². The topological polar surface area (TPSA) is 83.0 Å². The van der Waals surface area contributed by atoms with E-state index in [0.29, 0.717) is 46.6 Å². The fourth-order valence-corrected chi connectivity index (χ4v) is 6.06. The molecule has 5 aromatic rings. The number of amides is 2. The van der Waals surface area contributed by atoms with Crippen molar-refractivity contribution in [1.82, 2.24) is 15.0 Å². The summed E-state index contributed by atoms with van der Waals surface area (Å²) in [5.74, 6) is 2.25. The zero-order chi connectivity index (χ0) is 36.3. The highest BCUT2D eigenvalue weighted by atomic mass is 19.4. The minimum absolute atomic E-state index is 0.182. The van der Waals surface area contributed by atoms with Gasteiger partial charge in [-0.25, -0.2) is 19.7 Å². The average molecular weight is 705 g/mol. The van der Waals surface area contributed by atoms with E-state index in [9.17, 15) is 31.1 Å². The number of hydrogen-bond acceptors (Lipinski definition) is 5. The number of carbonyl (C=O) groups is 1. The molecule has 0 saturated heterocycles. The van der Waals surface area contributed by atoms with Gasteiger partial charge in [0.15, 0.2) is 0 Å². The van der Waals surface area contributed by atoms with E-state index in [1.54, 1.807) is 48.7 Å². The van der Waals surface area contributed by atoms with Gasteiger partial charge in [0.25, 0.3) is 0 Å². The van der Waals surface area contributed by atoms with Gasteiger partial charge in [-0.2, -0.15) is 26.3 Å². The largest absolute Gasteiger partial charge is 0.416 e. The van der Waals surface area contributed by atoms with E-state index < -0.39 is 23.5 Å². The molecule has 2 N–H and O–H groups in total. The average Bonchev–Trinajstić information content (AvgIpc) is 3.12.